The Morgan fingerprint density at radius 3 is 2.79 bits per heavy atom. The van der Waals surface area contributed by atoms with E-state index in [0.717, 1.165) is 24.4 Å². The van der Waals surface area contributed by atoms with Crippen molar-refractivity contribution in [2.75, 3.05) is 53.6 Å². The number of amides is 1. The molecule has 2 heterocycles. The first-order valence-electron chi connectivity index (χ1n) is 9.86. The summed E-state index contributed by atoms with van der Waals surface area (Å²) in [5, 5.41) is 0. The summed E-state index contributed by atoms with van der Waals surface area (Å²) < 4.78 is 29.6. The zero-order chi connectivity index (χ0) is 20.6. The summed E-state index contributed by atoms with van der Waals surface area (Å²) >= 11 is 0. The Kier molecular flexibility index (Phi) is 7.80. The SMILES string of the molecule is COCCN(CC1CN(Cc2ccco2)CC1c1cccc(F)c1)C(=O)COC. The van der Waals surface area contributed by atoms with Crippen molar-refractivity contribution in [2.45, 2.75) is 12.5 Å². The summed E-state index contributed by atoms with van der Waals surface area (Å²) in [6.07, 6.45) is 1.67. The van der Waals surface area contributed by atoms with Crippen LogP contribution in [-0.4, -0.2) is 69.3 Å². The van der Waals surface area contributed by atoms with Gasteiger partial charge in [-0.15, -0.1) is 0 Å². The van der Waals surface area contributed by atoms with Gasteiger partial charge in [-0.25, -0.2) is 4.39 Å². The standard InChI is InChI=1S/C22H29FN2O4/c1-27-10-8-25(22(26)16-28-2)13-18-12-24(14-20-7-4-9-29-20)15-21(18)17-5-3-6-19(23)11-17/h3-7,9,11,18,21H,8,10,12-16H2,1-2H3. The number of likely N-dealkylation sites (tertiary alicyclic amines) is 1. The summed E-state index contributed by atoms with van der Waals surface area (Å²) in [5.74, 6) is 0.894. The van der Waals surface area contributed by atoms with Gasteiger partial charge in [0.05, 0.1) is 19.4 Å². The van der Waals surface area contributed by atoms with E-state index in [4.69, 9.17) is 13.9 Å². The maximum atomic E-state index is 13.9. The van der Waals surface area contributed by atoms with Crippen molar-refractivity contribution in [1.29, 1.82) is 0 Å². The quantitative estimate of drug-likeness (QED) is 0.610. The van der Waals surface area contributed by atoms with Gasteiger partial charge in [-0.2, -0.15) is 0 Å². The maximum absolute atomic E-state index is 13.9. The Balaban J connectivity index is 1.77. The Hall–Kier alpha value is -2.22. The zero-order valence-corrected chi connectivity index (χ0v) is 17.1. The molecule has 2 unspecified atom stereocenters. The first-order chi connectivity index (χ1) is 14.1. The molecule has 2 atom stereocenters. The van der Waals surface area contributed by atoms with Gasteiger partial charge in [0.1, 0.15) is 18.2 Å². The number of benzene rings is 1. The van der Waals surface area contributed by atoms with Crippen molar-refractivity contribution in [3.63, 3.8) is 0 Å². The third-order valence-corrected chi connectivity index (χ3v) is 5.39. The lowest BCUT2D eigenvalue weighted by Crippen LogP contribution is -2.41. The van der Waals surface area contributed by atoms with Crippen molar-refractivity contribution in [3.05, 3.63) is 59.8 Å². The third kappa shape index (κ3) is 5.88. The van der Waals surface area contributed by atoms with Gasteiger partial charge in [-0.1, -0.05) is 12.1 Å². The van der Waals surface area contributed by atoms with Crippen LogP contribution in [0.25, 0.3) is 0 Å². The lowest BCUT2D eigenvalue weighted by Gasteiger charge is -2.28. The molecule has 0 bridgehead atoms. The molecule has 2 aromatic rings. The summed E-state index contributed by atoms with van der Waals surface area (Å²) in [6, 6.07) is 10.6. The Labute approximate surface area is 171 Å². The largest absolute Gasteiger partial charge is 0.468 e. The molecule has 1 aliphatic heterocycles. The summed E-state index contributed by atoms with van der Waals surface area (Å²) in [7, 11) is 3.14. The number of methoxy groups -OCH3 is 2. The molecule has 158 valence electrons. The van der Waals surface area contributed by atoms with Crippen LogP contribution in [0.5, 0.6) is 0 Å². The normalized spacial score (nSPS) is 19.6. The number of hydrogen-bond acceptors (Lipinski definition) is 5. The molecular weight excluding hydrogens is 375 g/mol. The van der Waals surface area contributed by atoms with Crippen LogP contribution in [0, 0.1) is 11.7 Å². The van der Waals surface area contributed by atoms with Crippen LogP contribution in [0.2, 0.25) is 0 Å². The van der Waals surface area contributed by atoms with E-state index >= 15 is 0 Å². The van der Waals surface area contributed by atoms with Crippen LogP contribution in [0.1, 0.15) is 17.2 Å². The summed E-state index contributed by atoms with van der Waals surface area (Å²) in [5.41, 5.74) is 0.961. The molecule has 1 aromatic heterocycles. The molecule has 1 amide bonds. The molecule has 6 nitrogen and oxygen atoms in total. The molecule has 1 aliphatic rings. The van der Waals surface area contributed by atoms with Crippen LogP contribution < -0.4 is 0 Å². The number of hydrogen-bond donors (Lipinski definition) is 0. The van der Waals surface area contributed by atoms with Gasteiger partial charge in [0.15, 0.2) is 0 Å². The second kappa shape index (κ2) is 10.5. The van der Waals surface area contributed by atoms with Crippen LogP contribution in [0.15, 0.2) is 47.1 Å². The molecule has 1 fully saturated rings. The molecule has 3 rings (SSSR count). The van der Waals surface area contributed by atoms with Crippen molar-refractivity contribution >= 4 is 5.91 Å². The minimum atomic E-state index is -0.238. The van der Waals surface area contributed by atoms with Crippen molar-refractivity contribution in [1.82, 2.24) is 9.80 Å². The highest BCUT2D eigenvalue weighted by Gasteiger charge is 2.36. The maximum Gasteiger partial charge on any atom is 0.248 e. The predicted octanol–water partition coefficient (Wildman–Crippen LogP) is 2.76. The number of rotatable bonds is 10. The average Bonchev–Trinajstić information content (AvgIpc) is 3.35. The van der Waals surface area contributed by atoms with Crippen molar-refractivity contribution < 1.29 is 23.1 Å². The second-order valence-corrected chi connectivity index (χ2v) is 7.46. The predicted molar refractivity (Wildman–Crippen MR) is 107 cm³/mol. The highest BCUT2D eigenvalue weighted by Crippen LogP contribution is 2.34. The molecule has 0 saturated carbocycles. The number of nitrogens with zero attached hydrogens (tertiary/aromatic N) is 2. The minimum Gasteiger partial charge on any atom is -0.468 e. The van der Waals surface area contributed by atoms with Gasteiger partial charge in [0.2, 0.25) is 5.91 Å². The van der Waals surface area contributed by atoms with Gasteiger partial charge >= 0.3 is 0 Å². The molecule has 0 radical (unpaired) electrons. The lowest BCUT2D eigenvalue weighted by molar-refractivity contribution is -0.136. The van der Waals surface area contributed by atoms with Crippen LogP contribution in [0.4, 0.5) is 4.39 Å². The van der Waals surface area contributed by atoms with Gasteiger partial charge < -0.3 is 18.8 Å². The monoisotopic (exact) mass is 404 g/mol. The highest BCUT2D eigenvalue weighted by atomic mass is 19.1. The zero-order valence-electron chi connectivity index (χ0n) is 17.1. The van der Waals surface area contributed by atoms with E-state index < -0.39 is 0 Å². The molecule has 0 spiro atoms. The topological polar surface area (TPSA) is 55.2 Å². The fourth-order valence-corrected chi connectivity index (χ4v) is 4.03. The van der Waals surface area contributed by atoms with E-state index in [1.807, 2.05) is 18.2 Å². The Morgan fingerprint density at radius 1 is 1.24 bits per heavy atom. The summed E-state index contributed by atoms with van der Waals surface area (Å²) in [4.78, 5) is 16.6. The fourth-order valence-electron chi connectivity index (χ4n) is 4.03. The van der Waals surface area contributed by atoms with Crippen LogP contribution in [-0.2, 0) is 20.8 Å². The molecule has 7 heteroatoms. The van der Waals surface area contributed by atoms with Crippen LogP contribution >= 0.6 is 0 Å². The number of halogens is 1. The van der Waals surface area contributed by atoms with Gasteiger partial charge in [0, 0.05) is 46.3 Å². The van der Waals surface area contributed by atoms with Crippen molar-refractivity contribution in [2.24, 2.45) is 5.92 Å². The molecule has 0 aliphatic carbocycles. The average molecular weight is 404 g/mol. The highest BCUT2D eigenvalue weighted by molar-refractivity contribution is 5.77. The smallest absolute Gasteiger partial charge is 0.248 e. The number of carbonyl (C=O) groups excluding carboxylic acids is 1. The van der Waals surface area contributed by atoms with Gasteiger partial charge in [0.25, 0.3) is 0 Å². The first kappa shape index (κ1) is 21.5. The second-order valence-electron chi connectivity index (χ2n) is 7.46. The number of furan rings is 1. The first-order valence-corrected chi connectivity index (χ1v) is 9.86. The van der Waals surface area contributed by atoms with E-state index in [1.165, 1.54) is 13.2 Å². The molecule has 29 heavy (non-hydrogen) atoms. The minimum absolute atomic E-state index is 0.0389. The van der Waals surface area contributed by atoms with Crippen molar-refractivity contribution in [3.8, 4) is 0 Å². The fraction of sp³-hybridized carbons (Fsp3) is 0.500. The number of carbonyl (C=O) groups is 1. The molecular formula is C22H29FN2O4. The molecule has 1 aromatic carbocycles. The van der Waals surface area contributed by atoms with Gasteiger partial charge in [-0.05, 0) is 35.7 Å². The number of ether oxygens (including phenoxy) is 2. The molecule has 0 N–H and O–H groups in total. The summed E-state index contributed by atoms with van der Waals surface area (Å²) in [6.45, 7) is 3.85. The Morgan fingerprint density at radius 2 is 2.10 bits per heavy atom. The van der Waals surface area contributed by atoms with E-state index in [-0.39, 0.29) is 30.2 Å². The van der Waals surface area contributed by atoms with Crippen LogP contribution in [0.3, 0.4) is 0 Å². The van der Waals surface area contributed by atoms with E-state index in [9.17, 15) is 9.18 Å². The van der Waals surface area contributed by atoms with E-state index in [1.54, 1.807) is 30.4 Å². The van der Waals surface area contributed by atoms with E-state index in [0.29, 0.717) is 26.2 Å². The lowest BCUT2D eigenvalue weighted by atomic mass is 9.88. The third-order valence-electron chi connectivity index (χ3n) is 5.39. The van der Waals surface area contributed by atoms with Gasteiger partial charge in [-0.3, -0.25) is 9.69 Å². The van der Waals surface area contributed by atoms with E-state index in [2.05, 4.69) is 4.90 Å². The Bertz CT molecular complexity index is 768. The molecule has 1 saturated heterocycles.